The molecule has 34 atom stereocenters. The molecule has 37 heteroatoms. The molecule has 0 bridgehead atoms. The quantitative estimate of drug-likeness (QED) is 0.0427. The molecule has 6 aliphatic rings. The molecule has 6 rings (SSSR count). The third-order valence-corrected chi connectivity index (χ3v) is 15.0. The molecule has 6 saturated heterocycles. The third-order valence-electron chi connectivity index (χ3n) is 15.0. The molecule has 484 valence electrons. The monoisotopic (exact) mass is 1220 g/mol. The van der Waals surface area contributed by atoms with E-state index in [1.807, 2.05) is 0 Å². The second-order valence-corrected chi connectivity index (χ2v) is 20.8. The highest BCUT2D eigenvalue weighted by molar-refractivity contribution is 5.73. The number of rotatable bonds is 24. The minimum absolute atomic E-state index is 0.871. The number of nitrogens with one attached hydrogen (secondary N) is 2. The summed E-state index contributed by atoms with van der Waals surface area (Å²) in [6.07, 6.45) is -63.6. The van der Waals surface area contributed by atoms with E-state index in [0.717, 1.165) is 13.8 Å². The Morgan fingerprint density at radius 3 is 1.25 bits per heavy atom. The largest absolute Gasteiger partial charge is 0.394 e. The van der Waals surface area contributed by atoms with E-state index < -0.39 is 267 Å². The first-order valence-electron chi connectivity index (χ1n) is 26.4. The van der Waals surface area contributed by atoms with Crippen LogP contribution in [0.5, 0.6) is 0 Å². The minimum atomic E-state index is -2.34. The van der Waals surface area contributed by atoms with Crippen LogP contribution in [-0.4, -0.2) is 374 Å². The van der Waals surface area contributed by atoms with E-state index in [4.69, 9.17) is 56.8 Å². The molecule has 83 heavy (non-hydrogen) atoms. The first-order chi connectivity index (χ1) is 39.2. The van der Waals surface area contributed by atoms with E-state index in [1.54, 1.807) is 0 Å². The smallest absolute Gasteiger partial charge is 0.217 e. The predicted molar refractivity (Wildman–Crippen MR) is 256 cm³/mol. The van der Waals surface area contributed by atoms with Gasteiger partial charge in [-0.2, -0.15) is 0 Å². The normalized spacial score (nSPS) is 46.8. The predicted octanol–water partition coefficient (Wildman–Crippen LogP) is -15.3. The van der Waals surface area contributed by atoms with Gasteiger partial charge in [-0.3, -0.25) is 9.59 Å². The van der Waals surface area contributed by atoms with Gasteiger partial charge in [0.2, 0.25) is 11.8 Å². The number of carbonyl (C=O) groups is 2. The highest BCUT2D eigenvalue weighted by atomic mass is 16.8. The van der Waals surface area contributed by atoms with Crippen molar-refractivity contribution in [2.24, 2.45) is 0 Å². The fourth-order valence-electron chi connectivity index (χ4n) is 10.3. The average Bonchev–Trinajstić information content (AvgIpc) is 3.37. The zero-order valence-corrected chi connectivity index (χ0v) is 44.7. The lowest BCUT2D eigenvalue weighted by Gasteiger charge is -2.52. The number of aliphatic hydroxyl groups is 21. The molecule has 0 aromatic rings. The Balaban J connectivity index is 1.34. The Hall–Kier alpha value is -2.38. The molecule has 6 aliphatic heterocycles. The molecular weight excluding hydrogens is 1140 g/mol. The second kappa shape index (κ2) is 30.7. The summed E-state index contributed by atoms with van der Waals surface area (Å²) in [7, 11) is 0. The van der Waals surface area contributed by atoms with Gasteiger partial charge in [0, 0.05) is 13.8 Å². The van der Waals surface area contributed by atoms with Crippen molar-refractivity contribution in [3.8, 4) is 0 Å². The van der Waals surface area contributed by atoms with Crippen molar-refractivity contribution in [3.05, 3.63) is 0 Å². The van der Waals surface area contributed by atoms with Gasteiger partial charge in [-0.1, -0.05) is 0 Å². The van der Waals surface area contributed by atoms with Gasteiger partial charge in [-0.15, -0.1) is 0 Å². The maximum absolute atomic E-state index is 13.2. The molecule has 0 spiro atoms. The summed E-state index contributed by atoms with van der Waals surface area (Å²) in [5.41, 5.74) is 0. The molecule has 6 fully saturated rings. The molecule has 0 radical (unpaired) electrons. The molecule has 23 N–H and O–H groups in total. The lowest BCUT2D eigenvalue weighted by Crippen LogP contribution is -2.71. The van der Waals surface area contributed by atoms with Gasteiger partial charge < -0.3 is 175 Å². The van der Waals surface area contributed by atoms with Gasteiger partial charge >= 0.3 is 0 Å². The average molecular weight is 1220 g/mol. The minimum Gasteiger partial charge on any atom is -0.394 e. The van der Waals surface area contributed by atoms with E-state index >= 15 is 0 Å². The topological polar surface area (TPSA) is 594 Å². The summed E-state index contributed by atoms with van der Waals surface area (Å²) in [5, 5.41) is 230. The Labute approximate surface area is 471 Å². The molecular formula is C46H80N2O35. The summed E-state index contributed by atoms with van der Waals surface area (Å²) >= 11 is 0. The van der Waals surface area contributed by atoms with Gasteiger partial charge in [0.1, 0.15) is 165 Å². The summed E-state index contributed by atoms with van der Waals surface area (Å²) in [6.45, 7) is -4.34. The molecule has 2 amide bonds. The van der Waals surface area contributed by atoms with Gasteiger partial charge in [-0.05, 0) is 6.92 Å². The van der Waals surface area contributed by atoms with Crippen molar-refractivity contribution < 1.29 is 174 Å². The number of amides is 2. The zero-order valence-electron chi connectivity index (χ0n) is 44.7. The van der Waals surface area contributed by atoms with Crippen LogP contribution in [0.1, 0.15) is 20.8 Å². The molecule has 6 heterocycles. The number of ether oxygens (including phenoxy) is 12. The van der Waals surface area contributed by atoms with Crippen molar-refractivity contribution in [1.29, 1.82) is 0 Å². The van der Waals surface area contributed by atoms with Crippen molar-refractivity contribution in [2.45, 2.75) is 229 Å². The van der Waals surface area contributed by atoms with Crippen molar-refractivity contribution in [1.82, 2.24) is 10.6 Å². The van der Waals surface area contributed by atoms with E-state index in [1.165, 1.54) is 6.92 Å². The van der Waals surface area contributed by atoms with Crippen LogP contribution in [0.3, 0.4) is 0 Å². The van der Waals surface area contributed by atoms with Crippen LogP contribution < -0.4 is 10.6 Å². The fourth-order valence-corrected chi connectivity index (χ4v) is 10.3. The maximum Gasteiger partial charge on any atom is 0.217 e. The SMILES string of the molecule is CC(=O)N[C@H]1[C@H](O[C@H]2[C@@H](O)[C@@H](CO)O[C@@H](O[C@H]3[C@H](O[C@@H]4O[C@@H](C)[C@@H](O)[C@@H](O)[C@@H]4O)[C@@H](NC(C)=O)[C@H](O[C@H]4[C@@H](O)[C@@H](CO)O[C@@H](O[C@@H]([C@H](O)[C@@H](O)CO)[C@H](O)CO)[C@@H]4O)O[C@@H]3CO)[C@@H]2O)O[C@H](CO)[C@@H](O[C@@H]2O[C@H](CO)[C@H](O)[C@H](O)[C@H]2O)[C@@H]1O. The molecule has 0 aliphatic carbocycles. The zero-order chi connectivity index (χ0) is 61.6. The van der Waals surface area contributed by atoms with E-state index in [0.29, 0.717) is 0 Å². The number of carbonyl (C=O) groups excluding carboxylic acids is 2. The van der Waals surface area contributed by atoms with Crippen molar-refractivity contribution in [2.75, 3.05) is 46.2 Å². The molecule has 0 aromatic heterocycles. The standard InChI is InChI=1S/C46H80N2O35/c1-11-23(60)29(66)31(68)43(72-11)81-38-22(48-13(3)57)42(83-40-27(64)17(7-52)74-45(33(40)70)78-35(15(59)5-50)24(61)14(58)4-49)77-20(10-55)37(38)80-46-34(71)39(26(63)18(8-53)75-46)82-41-21(47-12(2)56)28(65)36(19(9-54)76-41)79-44-32(69)30(67)25(62)16(6-51)73-44/h11,14-46,49-55,58-71H,4-10H2,1-3H3,(H,47,56)(H,48,57)/t11-,14-,15+,16+,17+,18+,19+,20+,21+,22+,23+,24+,25-,26-,27-,28+,29+,30-,31-,32+,33+,34+,35+,36+,37+,38+,39-,40-,41-,42-,43-,44-,45-,46-/m0/s1. The maximum atomic E-state index is 13.2. The summed E-state index contributed by atoms with van der Waals surface area (Å²) in [6, 6.07) is -3.75. The van der Waals surface area contributed by atoms with Gasteiger partial charge in [0.25, 0.3) is 0 Å². The molecule has 0 aromatic carbocycles. The highest BCUT2D eigenvalue weighted by Gasteiger charge is 2.59. The first kappa shape index (κ1) is 69.7. The number of aliphatic hydroxyl groups excluding tert-OH is 21. The Morgan fingerprint density at radius 1 is 0.386 bits per heavy atom. The lowest BCUT2D eigenvalue weighted by atomic mass is 9.93. The molecule has 37 nitrogen and oxygen atoms in total. The van der Waals surface area contributed by atoms with Crippen molar-refractivity contribution >= 4 is 11.8 Å². The van der Waals surface area contributed by atoms with Crippen LogP contribution >= 0.6 is 0 Å². The Kier molecular flexibility index (Phi) is 25.8. The number of hydrogen-bond acceptors (Lipinski definition) is 35. The Bertz CT molecular complexity index is 1990. The van der Waals surface area contributed by atoms with Crippen LogP contribution in [0, 0.1) is 0 Å². The van der Waals surface area contributed by atoms with Crippen LogP contribution in [0.2, 0.25) is 0 Å². The lowest BCUT2D eigenvalue weighted by molar-refractivity contribution is -0.395. The van der Waals surface area contributed by atoms with Gasteiger partial charge in [-0.25, -0.2) is 0 Å². The molecule has 0 unspecified atom stereocenters. The van der Waals surface area contributed by atoms with Gasteiger partial charge in [0.15, 0.2) is 37.7 Å². The van der Waals surface area contributed by atoms with Crippen LogP contribution in [-0.2, 0) is 66.4 Å². The third kappa shape index (κ3) is 15.6. The van der Waals surface area contributed by atoms with E-state index in [9.17, 15) is 117 Å². The van der Waals surface area contributed by atoms with Gasteiger partial charge in [0.05, 0.1) is 52.4 Å². The first-order valence-corrected chi connectivity index (χ1v) is 26.4. The fraction of sp³-hybridized carbons (Fsp3) is 0.957. The number of hydrogen-bond donors (Lipinski definition) is 23. The summed E-state index contributed by atoms with van der Waals surface area (Å²) in [5.74, 6) is -1.82. The summed E-state index contributed by atoms with van der Waals surface area (Å²) in [4.78, 5) is 25.8. The Morgan fingerprint density at radius 2 is 0.759 bits per heavy atom. The second-order valence-electron chi connectivity index (χ2n) is 20.8. The van der Waals surface area contributed by atoms with Crippen LogP contribution in [0.4, 0.5) is 0 Å². The van der Waals surface area contributed by atoms with Crippen LogP contribution in [0.15, 0.2) is 0 Å². The molecule has 0 saturated carbocycles. The summed E-state index contributed by atoms with van der Waals surface area (Å²) < 4.78 is 70.2. The van der Waals surface area contributed by atoms with Crippen LogP contribution in [0.25, 0.3) is 0 Å². The van der Waals surface area contributed by atoms with Crippen molar-refractivity contribution in [3.63, 3.8) is 0 Å². The van der Waals surface area contributed by atoms with E-state index in [-0.39, 0.29) is 0 Å². The van der Waals surface area contributed by atoms with E-state index in [2.05, 4.69) is 10.6 Å². The highest BCUT2D eigenvalue weighted by Crippen LogP contribution is 2.38.